The van der Waals surface area contributed by atoms with Crippen LogP contribution in [0.4, 0.5) is 0 Å². The number of amides is 1. The highest BCUT2D eigenvalue weighted by Gasteiger charge is 2.26. The molecular formula is C18H26NO8P. The van der Waals surface area contributed by atoms with E-state index in [1.54, 1.807) is 32.9 Å². The number of carbonyl (C=O) groups is 3. The Morgan fingerprint density at radius 3 is 2.07 bits per heavy atom. The van der Waals surface area contributed by atoms with Gasteiger partial charge < -0.3 is 24.2 Å². The van der Waals surface area contributed by atoms with E-state index in [9.17, 15) is 24.1 Å². The lowest BCUT2D eigenvalue weighted by molar-refractivity contribution is -0.149. The van der Waals surface area contributed by atoms with Gasteiger partial charge in [-0.25, -0.2) is 4.79 Å². The lowest BCUT2D eigenvalue weighted by Gasteiger charge is -2.17. The number of hydrogen-bond donors (Lipinski definition) is 2. The van der Waals surface area contributed by atoms with Gasteiger partial charge in [0.05, 0.1) is 32.4 Å². The second kappa shape index (κ2) is 11.6. The van der Waals surface area contributed by atoms with Gasteiger partial charge in [-0.05, 0) is 38.5 Å². The van der Waals surface area contributed by atoms with Crippen LogP contribution in [0.1, 0.15) is 43.1 Å². The van der Waals surface area contributed by atoms with Crippen molar-refractivity contribution in [2.45, 2.75) is 39.4 Å². The van der Waals surface area contributed by atoms with Crippen molar-refractivity contribution in [1.29, 1.82) is 0 Å². The fourth-order valence-corrected chi connectivity index (χ4v) is 4.04. The largest absolute Gasteiger partial charge is 0.480 e. The summed E-state index contributed by atoms with van der Waals surface area (Å²) in [5.74, 6) is -2.71. The lowest BCUT2D eigenvalue weighted by Crippen LogP contribution is -2.42. The zero-order chi connectivity index (χ0) is 21.2. The molecule has 0 unspecified atom stereocenters. The molecule has 156 valence electrons. The van der Waals surface area contributed by atoms with E-state index in [0.29, 0.717) is 5.56 Å². The number of hydrogen-bond acceptors (Lipinski definition) is 7. The van der Waals surface area contributed by atoms with E-state index in [2.05, 4.69) is 5.32 Å². The summed E-state index contributed by atoms with van der Waals surface area (Å²) in [6, 6.07) is 4.70. The second-order valence-corrected chi connectivity index (χ2v) is 7.73. The van der Waals surface area contributed by atoms with Crippen LogP contribution in [0, 0.1) is 0 Å². The van der Waals surface area contributed by atoms with Crippen molar-refractivity contribution in [2.75, 3.05) is 19.8 Å². The van der Waals surface area contributed by atoms with Crippen LogP contribution in [0.5, 0.6) is 0 Å². The van der Waals surface area contributed by atoms with Crippen LogP contribution in [-0.2, 0) is 34.1 Å². The standard InChI is InChI=1S/C18H26NO8P/c1-4-25-16(20)11-15(18(22)23)19-17(21)14-9-7-13(8-10-14)12-28(24,26-5-2)27-6-3/h7-10,15H,4-6,11-12H2,1-3H3,(H,19,21)(H,22,23)/t15-/m0/s1. The fraction of sp³-hybridized carbons (Fsp3) is 0.500. The molecule has 2 N–H and O–H groups in total. The van der Waals surface area contributed by atoms with Gasteiger partial charge in [0.25, 0.3) is 5.91 Å². The molecule has 1 atom stereocenters. The maximum absolute atomic E-state index is 12.5. The Morgan fingerprint density at radius 1 is 1.04 bits per heavy atom. The minimum Gasteiger partial charge on any atom is -0.480 e. The summed E-state index contributed by atoms with van der Waals surface area (Å²) in [5, 5.41) is 11.5. The molecule has 1 rings (SSSR count). The van der Waals surface area contributed by atoms with E-state index in [1.165, 1.54) is 12.1 Å². The number of carbonyl (C=O) groups excluding carboxylic acids is 2. The van der Waals surface area contributed by atoms with Crippen molar-refractivity contribution in [3.05, 3.63) is 35.4 Å². The summed E-state index contributed by atoms with van der Waals surface area (Å²) in [4.78, 5) is 35.0. The number of aliphatic carboxylic acids is 1. The van der Waals surface area contributed by atoms with E-state index in [0.717, 1.165) is 0 Å². The summed E-state index contributed by atoms with van der Waals surface area (Å²) >= 11 is 0. The van der Waals surface area contributed by atoms with Gasteiger partial charge in [0.2, 0.25) is 0 Å². The summed E-state index contributed by atoms with van der Waals surface area (Å²) in [6.07, 6.45) is -0.421. The molecule has 0 radical (unpaired) electrons. The van der Waals surface area contributed by atoms with Gasteiger partial charge in [0.1, 0.15) is 6.04 Å². The molecule has 1 aromatic rings. The number of rotatable bonds is 12. The Morgan fingerprint density at radius 2 is 1.61 bits per heavy atom. The molecule has 1 aromatic carbocycles. The van der Waals surface area contributed by atoms with Crippen LogP contribution in [0.25, 0.3) is 0 Å². The van der Waals surface area contributed by atoms with Crippen LogP contribution in [0.3, 0.4) is 0 Å². The number of esters is 1. The first kappa shape index (κ1) is 23.8. The van der Waals surface area contributed by atoms with Crippen molar-refractivity contribution >= 4 is 25.4 Å². The van der Waals surface area contributed by atoms with Crippen LogP contribution >= 0.6 is 7.60 Å². The third-order valence-corrected chi connectivity index (χ3v) is 5.58. The van der Waals surface area contributed by atoms with Crippen molar-refractivity contribution in [3.8, 4) is 0 Å². The van der Waals surface area contributed by atoms with Crippen molar-refractivity contribution in [3.63, 3.8) is 0 Å². The molecule has 0 bridgehead atoms. The zero-order valence-electron chi connectivity index (χ0n) is 16.2. The van der Waals surface area contributed by atoms with Crippen LogP contribution < -0.4 is 5.32 Å². The highest BCUT2D eigenvalue weighted by atomic mass is 31.2. The molecule has 0 aliphatic heterocycles. The molecule has 0 saturated heterocycles. The lowest BCUT2D eigenvalue weighted by atomic mass is 10.1. The van der Waals surface area contributed by atoms with Gasteiger partial charge >= 0.3 is 19.5 Å². The summed E-state index contributed by atoms with van der Waals surface area (Å²) in [5.41, 5.74) is 0.838. The van der Waals surface area contributed by atoms with Crippen molar-refractivity contribution in [1.82, 2.24) is 5.32 Å². The minimum absolute atomic E-state index is 0.0528. The molecule has 9 nitrogen and oxygen atoms in total. The topological polar surface area (TPSA) is 128 Å². The van der Waals surface area contributed by atoms with Crippen LogP contribution in [0.2, 0.25) is 0 Å². The molecule has 0 fully saturated rings. The predicted molar refractivity (Wildman–Crippen MR) is 101 cm³/mol. The third kappa shape index (κ3) is 7.80. The van der Waals surface area contributed by atoms with E-state index in [1.807, 2.05) is 0 Å². The quantitative estimate of drug-likeness (QED) is 0.394. The first-order chi connectivity index (χ1) is 13.2. The molecule has 28 heavy (non-hydrogen) atoms. The zero-order valence-corrected chi connectivity index (χ0v) is 17.1. The van der Waals surface area contributed by atoms with E-state index < -0.39 is 37.9 Å². The van der Waals surface area contributed by atoms with Gasteiger partial charge in [-0.3, -0.25) is 14.2 Å². The Kier molecular flexibility index (Phi) is 9.85. The number of carboxylic acid groups (broad SMARTS) is 1. The average Bonchev–Trinajstić information content (AvgIpc) is 2.62. The number of nitrogens with one attached hydrogen (secondary N) is 1. The summed E-state index contributed by atoms with van der Waals surface area (Å²) < 4.78 is 27.7. The number of ether oxygens (including phenoxy) is 1. The Hall–Kier alpha value is -2.22. The van der Waals surface area contributed by atoms with Crippen LogP contribution in [0.15, 0.2) is 24.3 Å². The highest BCUT2D eigenvalue weighted by Crippen LogP contribution is 2.51. The third-order valence-electron chi connectivity index (χ3n) is 3.52. The maximum atomic E-state index is 12.5. The van der Waals surface area contributed by atoms with Gasteiger partial charge in [-0.15, -0.1) is 0 Å². The molecule has 0 aliphatic rings. The van der Waals surface area contributed by atoms with E-state index >= 15 is 0 Å². The van der Waals surface area contributed by atoms with Gasteiger partial charge in [-0.1, -0.05) is 12.1 Å². The fourth-order valence-electron chi connectivity index (χ4n) is 2.34. The van der Waals surface area contributed by atoms with E-state index in [4.69, 9.17) is 13.8 Å². The first-order valence-electron chi connectivity index (χ1n) is 8.91. The van der Waals surface area contributed by atoms with Crippen molar-refractivity contribution < 1.29 is 37.8 Å². The Balaban J connectivity index is 2.80. The van der Waals surface area contributed by atoms with Gasteiger partial charge in [0, 0.05) is 5.56 Å². The summed E-state index contributed by atoms with van der Waals surface area (Å²) in [7, 11) is -3.27. The molecular weight excluding hydrogens is 389 g/mol. The summed E-state index contributed by atoms with van der Waals surface area (Å²) in [6.45, 7) is 5.64. The van der Waals surface area contributed by atoms with Crippen molar-refractivity contribution in [2.24, 2.45) is 0 Å². The maximum Gasteiger partial charge on any atom is 0.335 e. The Labute approximate surface area is 163 Å². The van der Waals surface area contributed by atoms with E-state index in [-0.39, 0.29) is 31.5 Å². The molecule has 0 heterocycles. The first-order valence-corrected chi connectivity index (χ1v) is 10.6. The SMILES string of the molecule is CCOC(=O)C[C@H](NC(=O)c1ccc(CP(=O)(OCC)OCC)cc1)C(=O)O. The van der Waals surface area contributed by atoms with Gasteiger partial charge in [-0.2, -0.15) is 0 Å². The minimum atomic E-state index is -3.27. The molecule has 0 spiro atoms. The smallest absolute Gasteiger partial charge is 0.335 e. The molecule has 0 aliphatic carbocycles. The monoisotopic (exact) mass is 415 g/mol. The normalized spacial score (nSPS) is 12.2. The number of carboxylic acids is 1. The highest BCUT2D eigenvalue weighted by molar-refractivity contribution is 7.53. The predicted octanol–water partition coefficient (Wildman–Crippen LogP) is 2.59. The molecule has 10 heteroatoms. The molecule has 0 saturated carbocycles. The molecule has 0 aromatic heterocycles. The average molecular weight is 415 g/mol. The number of benzene rings is 1. The Bertz CT molecular complexity index is 709. The second-order valence-electron chi connectivity index (χ2n) is 5.67. The molecule has 1 amide bonds. The van der Waals surface area contributed by atoms with Gasteiger partial charge in [0.15, 0.2) is 0 Å². The van der Waals surface area contributed by atoms with Crippen LogP contribution in [-0.4, -0.2) is 48.8 Å².